The number of ether oxygens (including phenoxy) is 1. The van der Waals surface area contributed by atoms with Gasteiger partial charge in [0.15, 0.2) is 0 Å². The Morgan fingerprint density at radius 1 is 1.26 bits per heavy atom. The van der Waals surface area contributed by atoms with Crippen molar-refractivity contribution in [3.8, 4) is 11.4 Å². The van der Waals surface area contributed by atoms with Gasteiger partial charge in [0.1, 0.15) is 5.54 Å². The van der Waals surface area contributed by atoms with E-state index in [9.17, 15) is 0 Å². The van der Waals surface area contributed by atoms with Crippen LogP contribution in [0.15, 0.2) is 22.7 Å². The van der Waals surface area contributed by atoms with Gasteiger partial charge in [-0.3, -0.25) is 0 Å². The van der Waals surface area contributed by atoms with Gasteiger partial charge in [0.05, 0.1) is 16.7 Å². The highest BCUT2D eigenvalue weighted by molar-refractivity contribution is 6.42. The minimum Gasteiger partial charge on any atom is -0.379 e. The molecule has 2 aromatic rings. The summed E-state index contributed by atoms with van der Waals surface area (Å²) in [7, 11) is 0. The van der Waals surface area contributed by atoms with E-state index < -0.39 is 5.54 Å². The first-order valence-corrected chi connectivity index (χ1v) is 6.50. The fraction of sp³-hybridized carbons (Fsp3) is 0.333. The van der Waals surface area contributed by atoms with Crippen molar-refractivity contribution in [1.82, 2.24) is 10.1 Å². The van der Waals surface area contributed by atoms with E-state index in [1.54, 1.807) is 18.2 Å². The molecule has 100 valence electrons. The molecule has 0 spiro atoms. The van der Waals surface area contributed by atoms with Gasteiger partial charge < -0.3 is 15.0 Å². The second kappa shape index (κ2) is 4.76. The Bertz CT molecular complexity index is 609. The van der Waals surface area contributed by atoms with Crippen LogP contribution in [0, 0.1) is 0 Å². The largest absolute Gasteiger partial charge is 0.379 e. The summed E-state index contributed by atoms with van der Waals surface area (Å²) in [4.78, 5) is 4.32. The summed E-state index contributed by atoms with van der Waals surface area (Å²) >= 11 is 11.8. The molecule has 5 nitrogen and oxygen atoms in total. The maximum Gasteiger partial charge on any atom is 0.249 e. The van der Waals surface area contributed by atoms with Crippen molar-refractivity contribution in [3.63, 3.8) is 0 Å². The Balaban J connectivity index is 1.94. The fourth-order valence-corrected chi connectivity index (χ4v) is 2.23. The highest BCUT2D eigenvalue weighted by Gasteiger charge is 2.38. The third-order valence-electron chi connectivity index (χ3n) is 3.08. The first-order valence-electron chi connectivity index (χ1n) is 5.75. The summed E-state index contributed by atoms with van der Waals surface area (Å²) in [5.41, 5.74) is 6.19. The second-order valence-electron chi connectivity index (χ2n) is 4.51. The molecule has 0 aliphatic carbocycles. The molecular weight excluding hydrogens is 289 g/mol. The van der Waals surface area contributed by atoms with Crippen LogP contribution in [0.5, 0.6) is 0 Å². The first kappa shape index (κ1) is 12.9. The minimum absolute atomic E-state index is 0.381. The van der Waals surface area contributed by atoms with Crippen molar-refractivity contribution < 1.29 is 9.26 Å². The smallest absolute Gasteiger partial charge is 0.249 e. The van der Waals surface area contributed by atoms with Crippen molar-refractivity contribution in [2.24, 2.45) is 5.73 Å². The highest BCUT2D eigenvalue weighted by atomic mass is 35.5. The molecule has 1 saturated heterocycles. The van der Waals surface area contributed by atoms with Gasteiger partial charge in [-0.05, 0) is 24.6 Å². The lowest BCUT2D eigenvalue weighted by molar-refractivity contribution is 0.166. The lowest BCUT2D eigenvalue weighted by Gasteiger charge is -2.14. The van der Waals surface area contributed by atoms with Crippen LogP contribution in [-0.2, 0) is 10.3 Å². The SMILES string of the molecule is NC1(c2nc(-c3ccc(Cl)c(Cl)c3)no2)CCOC1. The molecule has 1 atom stereocenters. The van der Waals surface area contributed by atoms with Crippen LogP contribution in [0.2, 0.25) is 10.0 Å². The van der Waals surface area contributed by atoms with Gasteiger partial charge >= 0.3 is 0 Å². The van der Waals surface area contributed by atoms with Crippen molar-refractivity contribution in [2.75, 3.05) is 13.2 Å². The molecule has 0 bridgehead atoms. The zero-order valence-corrected chi connectivity index (χ0v) is 11.4. The quantitative estimate of drug-likeness (QED) is 0.922. The van der Waals surface area contributed by atoms with Gasteiger partial charge in [-0.1, -0.05) is 28.4 Å². The van der Waals surface area contributed by atoms with Crippen LogP contribution < -0.4 is 5.73 Å². The normalized spacial score (nSPS) is 22.9. The number of nitrogens with two attached hydrogens (primary N) is 1. The molecule has 1 aromatic heterocycles. The summed E-state index contributed by atoms with van der Waals surface area (Å²) in [5.74, 6) is 0.816. The Kier molecular flexibility index (Phi) is 3.22. The van der Waals surface area contributed by atoms with Crippen molar-refractivity contribution in [2.45, 2.75) is 12.0 Å². The Morgan fingerprint density at radius 2 is 2.11 bits per heavy atom. The molecule has 1 unspecified atom stereocenters. The summed E-state index contributed by atoms with van der Waals surface area (Å²) in [6.45, 7) is 0.983. The van der Waals surface area contributed by atoms with Crippen LogP contribution in [0.3, 0.4) is 0 Å². The van der Waals surface area contributed by atoms with Gasteiger partial charge in [0, 0.05) is 12.2 Å². The number of aromatic nitrogens is 2. The number of rotatable bonds is 2. The maximum atomic E-state index is 6.16. The first-order chi connectivity index (χ1) is 9.08. The highest BCUT2D eigenvalue weighted by Crippen LogP contribution is 2.30. The summed E-state index contributed by atoms with van der Waals surface area (Å²) in [6.07, 6.45) is 0.663. The zero-order valence-electron chi connectivity index (χ0n) is 9.90. The molecule has 1 aliphatic rings. The number of hydrogen-bond donors (Lipinski definition) is 1. The van der Waals surface area contributed by atoms with Crippen LogP contribution in [0.4, 0.5) is 0 Å². The third kappa shape index (κ3) is 2.34. The summed E-state index contributed by atoms with van der Waals surface area (Å²) in [5, 5.41) is 4.85. The van der Waals surface area contributed by atoms with Gasteiger partial charge in [0.2, 0.25) is 11.7 Å². The Hall–Kier alpha value is -1.14. The molecule has 7 heteroatoms. The fourth-order valence-electron chi connectivity index (χ4n) is 1.93. The second-order valence-corrected chi connectivity index (χ2v) is 5.33. The monoisotopic (exact) mass is 299 g/mol. The van der Waals surface area contributed by atoms with Gasteiger partial charge in [0.25, 0.3) is 0 Å². The molecule has 19 heavy (non-hydrogen) atoms. The van der Waals surface area contributed by atoms with Crippen molar-refractivity contribution >= 4 is 23.2 Å². The van der Waals surface area contributed by atoms with Crippen LogP contribution >= 0.6 is 23.2 Å². The van der Waals surface area contributed by atoms with E-state index in [2.05, 4.69) is 10.1 Å². The minimum atomic E-state index is -0.693. The predicted octanol–water partition coefficient (Wildman–Crippen LogP) is 2.62. The zero-order chi connectivity index (χ0) is 13.5. The summed E-state index contributed by atoms with van der Waals surface area (Å²) in [6, 6.07) is 5.15. The van der Waals surface area contributed by atoms with Crippen LogP contribution in [0.1, 0.15) is 12.3 Å². The molecule has 1 aromatic carbocycles. The average Bonchev–Trinajstić information content (AvgIpc) is 3.02. The molecule has 2 N–H and O–H groups in total. The van der Waals surface area contributed by atoms with E-state index in [-0.39, 0.29) is 0 Å². The Labute approximate surface area is 119 Å². The molecule has 0 amide bonds. The van der Waals surface area contributed by atoms with Crippen molar-refractivity contribution in [1.29, 1.82) is 0 Å². The lowest BCUT2D eigenvalue weighted by atomic mass is 10.0. The molecule has 3 rings (SSSR count). The Morgan fingerprint density at radius 3 is 2.79 bits per heavy atom. The maximum absolute atomic E-state index is 6.16. The van der Waals surface area contributed by atoms with Crippen LogP contribution in [-0.4, -0.2) is 23.4 Å². The molecule has 0 radical (unpaired) electrons. The molecule has 0 saturated carbocycles. The summed E-state index contributed by atoms with van der Waals surface area (Å²) < 4.78 is 10.5. The molecule has 1 fully saturated rings. The molecular formula is C12H11Cl2N3O2. The van der Waals surface area contributed by atoms with Gasteiger partial charge in [-0.15, -0.1) is 0 Å². The number of hydrogen-bond acceptors (Lipinski definition) is 5. The van der Waals surface area contributed by atoms with Gasteiger partial charge in [-0.25, -0.2) is 0 Å². The van der Waals surface area contributed by atoms with E-state index in [0.717, 1.165) is 5.56 Å². The average molecular weight is 300 g/mol. The van der Waals surface area contributed by atoms with E-state index >= 15 is 0 Å². The van der Waals surface area contributed by atoms with Crippen molar-refractivity contribution in [3.05, 3.63) is 34.1 Å². The van der Waals surface area contributed by atoms with Gasteiger partial charge in [-0.2, -0.15) is 4.98 Å². The van der Waals surface area contributed by atoms with E-state index in [0.29, 0.717) is 41.4 Å². The van der Waals surface area contributed by atoms with E-state index in [4.69, 9.17) is 38.2 Å². The van der Waals surface area contributed by atoms with E-state index in [1.807, 2.05) is 0 Å². The number of benzene rings is 1. The standard InChI is InChI=1S/C12H11Cl2N3O2/c13-8-2-1-7(5-9(8)14)10-16-11(19-17-10)12(15)3-4-18-6-12/h1-2,5H,3-4,6,15H2. The predicted molar refractivity (Wildman–Crippen MR) is 71.1 cm³/mol. The molecule has 2 heterocycles. The number of nitrogens with zero attached hydrogens (tertiary/aromatic N) is 2. The topological polar surface area (TPSA) is 74.2 Å². The van der Waals surface area contributed by atoms with Crippen LogP contribution in [0.25, 0.3) is 11.4 Å². The third-order valence-corrected chi connectivity index (χ3v) is 3.82. The molecule has 1 aliphatic heterocycles. The lowest BCUT2D eigenvalue weighted by Crippen LogP contribution is -2.37. The van der Waals surface area contributed by atoms with E-state index in [1.165, 1.54) is 0 Å². The number of halogens is 2.